The first kappa shape index (κ1) is 22.4. The van der Waals surface area contributed by atoms with Crippen LogP contribution < -0.4 is 5.32 Å². The summed E-state index contributed by atoms with van der Waals surface area (Å²) < 4.78 is 29.1. The molecule has 0 radical (unpaired) electrons. The van der Waals surface area contributed by atoms with Gasteiger partial charge in [-0.25, -0.2) is 8.42 Å². The summed E-state index contributed by atoms with van der Waals surface area (Å²) in [6.07, 6.45) is 6.17. The molecule has 1 saturated heterocycles. The number of pyridine rings is 1. The van der Waals surface area contributed by atoms with Crippen molar-refractivity contribution in [3.05, 3.63) is 48.8 Å². The van der Waals surface area contributed by atoms with Crippen molar-refractivity contribution in [2.45, 2.75) is 29.3 Å². The lowest BCUT2D eigenvalue weighted by atomic mass is 10.2. The van der Waals surface area contributed by atoms with Crippen LogP contribution >= 0.6 is 11.8 Å². The van der Waals surface area contributed by atoms with Crippen molar-refractivity contribution in [2.75, 3.05) is 24.2 Å². The highest BCUT2D eigenvalue weighted by Gasteiger charge is 2.26. The number of amides is 1. The number of carbonyl (C=O) groups excluding carboxylic acids is 1. The fourth-order valence-electron chi connectivity index (χ4n) is 3.51. The predicted molar refractivity (Wildman–Crippen MR) is 123 cm³/mol. The van der Waals surface area contributed by atoms with Crippen molar-refractivity contribution in [1.29, 1.82) is 0 Å². The van der Waals surface area contributed by atoms with Gasteiger partial charge in [-0.1, -0.05) is 24.2 Å². The Morgan fingerprint density at radius 3 is 2.59 bits per heavy atom. The molecule has 11 heteroatoms. The lowest BCUT2D eigenvalue weighted by Gasteiger charge is -2.26. The molecule has 1 fully saturated rings. The quantitative estimate of drug-likeness (QED) is 0.527. The molecule has 1 aromatic carbocycles. The molecule has 0 spiro atoms. The number of hydrogen-bond acceptors (Lipinski definition) is 7. The molecule has 1 amide bonds. The average Bonchev–Trinajstić information content (AvgIpc) is 3.19. The minimum Gasteiger partial charge on any atom is -0.325 e. The van der Waals surface area contributed by atoms with Gasteiger partial charge in [-0.3, -0.25) is 9.78 Å². The molecule has 1 aliphatic heterocycles. The van der Waals surface area contributed by atoms with Gasteiger partial charge in [0, 0.05) is 43.8 Å². The number of hydrogen-bond donors (Lipinski definition) is 1. The Kier molecular flexibility index (Phi) is 6.87. The van der Waals surface area contributed by atoms with Crippen LogP contribution in [-0.4, -0.2) is 57.2 Å². The van der Waals surface area contributed by atoms with Crippen LogP contribution in [0.2, 0.25) is 0 Å². The molecule has 0 aliphatic carbocycles. The smallest absolute Gasteiger partial charge is 0.243 e. The molecule has 0 atom stereocenters. The molecule has 32 heavy (non-hydrogen) atoms. The van der Waals surface area contributed by atoms with Gasteiger partial charge in [0.15, 0.2) is 11.0 Å². The Morgan fingerprint density at radius 2 is 1.84 bits per heavy atom. The van der Waals surface area contributed by atoms with Crippen molar-refractivity contribution < 1.29 is 13.2 Å². The Morgan fingerprint density at radius 1 is 1.09 bits per heavy atom. The van der Waals surface area contributed by atoms with Crippen LogP contribution in [0.1, 0.15) is 19.3 Å². The molecule has 2 aromatic heterocycles. The van der Waals surface area contributed by atoms with E-state index in [1.807, 2.05) is 23.7 Å². The fourth-order valence-corrected chi connectivity index (χ4v) is 5.78. The van der Waals surface area contributed by atoms with Crippen LogP contribution in [-0.2, 0) is 21.9 Å². The maximum Gasteiger partial charge on any atom is 0.243 e. The second-order valence-electron chi connectivity index (χ2n) is 7.43. The second-order valence-corrected chi connectivity index (χ2v) is 10.3. The van der Waals surface area contributed by atoms with Crippen LogP contribution in [0.4, 0.5) is 5.69 Å². The van der Waals surface area contributed by atoms with Crippen molar-refractivity contribution >= 4 is 33.4 Å². The van der Waals surface area contributed by atoms with Gasteiger partial charge < -0.3 is 9.88 Å². The Balaban J connectivity index is 1.39. The van der Waals surface area contributed by atoms with Gasteiger partial charge in [-0.15, -0.1) is 10.2 Å². The maximum atomic E-state index is 12.9. The molecular formula is C21H24N6O3S2. The third kappa shape index (κ3) is 5.00. The summed E-state index contributed by atoms with van der Waals surface area (Å²) in [4.78, 5) is 16.7. The zero-order chi connectivity index (χ0) is 22.6. The highest BCUT2D eigenvalue weighted by molar-refractivity contribution is 7.99. The van der Waals surface area contributed by atoms with E-state index >= 15 is 0 Å². The highest BCUT2D eigenvalue weighted by Crippen LogP contribution is 2.24. The van der Waals surface area contributed by atoms with Crippen molar-refractivity contribution in [3.63, 3.8) is 0 Å². The summed E-state index contributed by atoms with van der Waals surface area (Å²) >= 11 is 1.26. The number of thioether (sulfide) groups is 1. The van der Waals surface area contributed by atoms with E-state index in [9.17, 15) is 13.2 Å². The first-order valence-corrected chi connectivity index (χ1v) is 12.7. The fraction of sp³-hybridized carbons (Fsp3) is 0.333. The molecule has 9 nitrogen and oxygen atoms in total. The van der Waals surface area contributed by atoms with Gasteiger partial charge in [-0.2, -0.15) is 4.31 Å². The third-order valence-electron chi connectivity index (χ3n) is 5.18. The van der Waals surface area contributed by atoms with Gasteiger partial charge in [-0.05, 0) is 43.2 Å². The largest absolute Gasteiger partial charge is 0.325 e. The van der Waals surface area contributed by atoms with E-state index in [1.54, 1.807) is 30.6 Å². The highest BCUT2D eigenvalue weighted by atomic mass is 32.2. The molecule has 4 rings (SSSR count). The van der Waals surface area contributed by atoms with Gasteiger partial charge in [0.05, 0.1) is 10.6 Å². The minimum absolute atomic E-state index is 0.116. The van der Waals surface area contributed by atoms with E-state index in [0.29, 0.717) is 29.8 Å². The van der Waals surface area contributed by atoms with Gasteiger partial charge in [0.1, 0.15) is 0 Å². The third-order valence-corrected chi connectivity index (χ3v) is 8.09. The Bertz CT molecular complexity index is 1190. The van der Waals surface area contributed by atoms with E-state index < -0.39 is 10.0 Å². The normalized spacial score (nSPS) is 14.9. The molecule has 0 saturated carbocycles. The summed E-state index contributed by atoms with van der Waals surface area (Å²) in [6.45, 7) is 1.07. The van der Waals surface area contributed by atoms with E-state index in [0.717, 1.165) is 24.8 Å². The molecule has 168 valence electrons. The number of piperidine rings is 1. The predicted octanol–water partition coefficient (Wildman–Crippen LogP) is 2.78. The molecular weight excluding hydrogens is 448 g/mol. The van der Waals surface area contributed by atoms with E-state index in [-0.39, 0.29) is 16.6 Å². The standard InChI is InChI=1S/C21H24N6O3S2/c1-26-20(16-8-10-22-11-9-16)24-25-21(26)31-15-19(28)23-17-6-5-7-18(14-17)32(29,30)27-12-3-2-4-13-27/h5-11,14H,2-4,12-13,15H2,1H3,(H,23,28). The van der Waals surface area contributed by atoms with Crippen molar-refractivity contribution in [2.24, 2.45) is 7.05 Å². The average molecular weight is 473 g/mol. The van der Waals surface area contributed by atoms with Gasteiger partial charge in [0.2, 0.25) is 15.9 Å². The van der Waals surface area contributed by atoms with E-state index in [1.165, 1.54) is 22.1 Å². The van der Waals surface area contributed by atoms with Crippen LogP contribution in [0.15, 0.2) is 58.8 Å². The number of aromatic nitrogens is 4. The summed E-state index contributed by atoms with van der Waals surface area (Å²) in [6, 6.07) is 10.1. The Hall–Kier alpha value is -2.76. The van der Waals surface area contributed by atoms with Crippen LogP contribution in [0.5, 0.6) is 0 Å². The van der Waals surface area contributed by atoms with Gasteiger partial charge >= 0.3 is 0 Å². The molecule has 0 unspecified atom stereocenters. The SMILES string of the molecule is Cn1c(SCC(=O)Nc2cccc(S(=O)(=O)N3CCCCC3)c2)nnc1-c1ccncc1. The summed E-state index contributed by atoms with van der Waals surface area (Å²) in [5.74, 6) is 0.549. The number of benzene rings is 1. The number of nitrogens with one attached hydrogen (secondary N) is 1. The van der Waals surface area contributed by atoms with Crippen molar-refractivity contribution in [1.82, 2.24) is 24.1 Å². The second kappa shape index (κ2) is 9.80. The van der Waals surface area contributed by atoms with Crippen LogP contribution in [0.3, 0.4) is 0 Å². The summed E-state index contributed by atoms with van der Waals surface area (Å²) in [5, 5.41) is 11.7. The summed E-state index contributed by atoms with van der Waals surface area (Å²) in [5.41, 5.74) is 1.34. The monoisotopic (exact) mass is 472 g/mol. The number of rotatable bonds is 7. The molecule has 3 heterocycles. The van der Waals surface area contributed by atoms with E-state index in [2.05, 4.69) is 20.5 Å². The van der Waals surface area contributed by atoms with Crippen LogP contribution in [0, 0.1) is 0 Å². The summed E-state index contributed by atoms with van der Waals surface area (Å²) in [7, 11) is -1.72. The molecule has 1 aliphatic rings. The number of carbonyl (C=O) groups is 1. The number of nitrogens with zero attached hydrogens (tertiary/aromatic N) is 5. The topological polar surface area (TPSA) is 110 Å². The zero-order valence-electron chi connectivity index (χ0n) is 17.6. The molecule has 3 aromatic rings. The lowest BCUT2D eigenvalue weighted by Crippen LogP contribution is -2.35. The molecule has 1 N–H and O–H groups in total. The first-order valence-electron chi connectivity index (χ1n) is 10.3. The molecule has 0 bridgehead atoms. The van der Waals surface area contributed by atoms with Gasteiger partial charge in [0.25, 0.3) is 0 Å². The number of anilines is 1. The van der Waals surface area contributed by atoms with Crippen molar-refractivity contribution in [3.8, 4) is 11.4 Å². The first-order chi connectivity index (χ1) is 15.4. The minimum atomic E-state index is -3.55. The maximum absolute atomic E-state index is 12.9. The Labute approximate surface area is 191 Å². The number of sulfonamides is 1. The van der Waals surface area contributed by atoms with Crippen LogP contribution in [0.25, 0.3) is 11.4 Å². The zero-order valence-corrected chi connectivity index (χ0v) is 19.3. The van der Waals surface area contributed by atoms with E-state index in [4.69, 9.17) is 0 Å². The lowest BCUT2D eigenvalue weighted by molar-refractivity contribution is -0.113.